The van der Waals surface area contributed by atoms with E-state index in [9.17, 15) is 0 Å². The summed E-state index contributed by atoms with van der Waals surface area (Å²) in [5.41, 5.74) is 0. The van der Waals surface area contributed by atoms with Crippen LogP contribution in [0.2, 0.25) is 38.8 Å². The van der Waals surface area contributed by atoms with Crippen LogP contribution in [0.5, 0.6) is 0 Å². The fraction of sp³-hybridized carbons (Fsp3) is 0.769. The Kier molecular flexibility index (Phi) is 4.97. The van der Waals surface area contributed by atoms with E-state index in [-0.39, 0.29) is 0 Å². The lowest BCUT2D eigenvalue weighted by Crippen LogP contribution is -2.42. The average molecular weight is 286 g/mol. The molecule has 0 fully saturated rings. The van der Waals surface area contributed by atoms with Crippen molar-refractivity contribution in [3.05, 3.63) is 18.2 Å². The van der Waals surface area contributed by atoms with Gasteiger partial charge in [-0.1, -0.05) is 0 Å². The number of rotatable bonds is 6. The van der Waals surface area contributed by atoms with Crippen molar-refractivity contribution in [2.75, 3.05) is 0 Å². The summed E-state index contributed by atoms with van der Waals surface area (Å²) in [5, 5.41) is 0. The third-order valence-electron chi connectivity index (χ3n) is 3.16. The molecule has 5 heteroatoms. The van der Waals surface area contributed by atoms with Crippen LogP contribution in [0.3, 0.4) is 0 Å². The zero-order valence-corrected chi connectivity index (χ0v) is 15.1. The molecule has 1 rings (SSSR count). The summed E-state index contributed by atoms with van der Waals surface area (Å²) in [6.45, 7) is 14.9. The molecule has 0 aliphatic carbocycles. The Morgan fingerprint density at radius 3 is 2.28 bits per heavy atom. The second-order valence-electron chi connectivity index (χ2n) is 6.73. The van der Waals surface area contributed by atoms with Gasteiger partial charge in [-0.05, 0) is 45.2 Å². The Bertz CT molecular complexity index is 394. The molecule has 0 atom stereocenters. The Balaban J connectivity index is 2.44. The molecule has 0 N–H and O–H groups in total. The van der Waals surface area contributed by atoms with Gasteiger partial charge in [-0.2, -0.15) is 0 Å². The van der Waals surface area contributed by atoms with Crippen molar-refractivity contribution in [2.24, 2.45) is 7.05 Å². The standard InChI is InChI=1S/C13H29N2OSi2/c1-13-14(2)10-11-15(13)9-8-12-18(6,7)16-17(3,4)5/h10-11H,8-9,12H2,1-7H3/q+1. The van der Waals surface area contributed by atoms with Crippen LogP contribution in [0, 0.1) is 6.92 Å². The van der Waals surface area contributed by atoms with Gasteiger partial charge in [-0.3, -0.25) is 0 Å². The van der Waals surface area contributed by atoms with Crippen molar-refractivity contribution in [1.29, 1.82) is 0 Å². The lowest BCUT2D eigenvalue weighted by Gasteiger charge is -2.31. The number of nitrogens with zero attached hydrogens (tertiary/aromatic N) is 2. The maximum Gasteiger partial charge on any atom is 0.253 e. The smallest absolute Gasteiger partial charge is 0.253 e. The summed E-state index contributed by atoms with van der Waals surface area (Å²) in [7, 11) is -0.743. The molecule has 104 valence electrons. The van der Waals surface area contributed by atoms with E-state index in [1.165, 1.54) is 18.3 Å². The van der Waals surface area contributed by atoms with E-state index in [1.54, 1.807) is 0 Å². The third kappa shape index (κ3) is 5.08. The predicted octanol–water partition coefficient (Wildman–Crippen LogP) is 3.07. The minimum Gasteiger partial charge on any atom is -0.456 e. The molecule has 0 amide bonds. The highest BCUT2D eigenvalue weighted by molar-refractivity contribution is 6.84. The van der Waals surface area contributed by atoms with Crippen molar-refractivity contribution < 1.29 is 8.68 Å². The zero-order chi connectivity index (χ0) is 14.0. The number of aromatic nitrogens is 2. The highest BCUT2D eigenvalue weighted by atomic mass is 28.4. The first-order chi connectivity index (χ1) is 8.11. The van der Waals surface area contributed by atoms with E-state index in [1.807, 2.05) is 0 Å². The van der Waals surface area contributed by atoms with Gasteiger partial charge in [-0.15, -0.1) is 0 Å². The molecule has 0 unspecified atom stereocenters. The van der Waals surface area contributed by atoms with E-state index in [2.05, 4.69) is 68.2 Å². The van der Waals surface area contributed by atoms with Gasteiger partial charge < -0.3 is 4.12 Å². The molecular formula is C13H29N2OSi2+. The Hall–Kier alpha value is -0.396. The molecule has 0 bridgehead atoms. The summed E-state index contributed by atoms with van der Waals surface area (Å²) < 4.78 is 10.9. The molecule has 1 aromatic rings. The van der Waals surface area contributed by atoms with Crippen LogP contribution in [0.15, 0.2) is 12.4 Å². The normalized spacial score (nSPS) is 13.1. The second kappa shape index (κ2) is 5.71. The molecule has 0 saturated carbocycles. The third-order valence-corrected chi connectivity index (χ3v) is 9.37. The average Bonchev–Trinajstić information content (AvgIpc) is 2.45. The van der Waals surface area contributed by atoms with Crippen molar-refractivity contribution in [2.45, 2.75) is 58.7 Å². The van der Waals surface area contributed by atoms with Gasteiger partial charge in [0.1, 0.15) is 12.4 Å². The number of imidazole rings is 1. The molecule has 0 saturated heterocycles. The number of hydrogen-bond donors (Lipinski definition) is 0. The SMILES string of the molecule is Cc1n(CCC[Si](C)(C)O[Si](C)(C)C)cc[n+]1C. The molecular weight excluding hydrogens is 256 g/mol. The van der Waals surface area contributed by atoms with Crippen LogP contribution in [0.1, 0.15) is 12.2 Å². The van der Waals surface area contributed by atoms with Gasteiger partial charge in [0, 0.05) is 6.92 Å². The number of hydrogen-bond acceptors (Lipinski definition) is 1. The molecule has 18 heavy (non-hydrogen) atoms. The summed E-state index contributed by atoms with van der Waals surface area (Å²) in [6.07, 6.45) is 5.51. The topological polar surface area (TPSA) is 18.0 Å². The van der Waals surface area contributed by atoms with Crippen LogP contribution < -0.4 is 4.57 Å². The predicted molar refractivity (Wildman–Crippen MR) is 81.7 cm³/mol. The largest absolute Gasteiger partial charge is 0.456 e. The van der Waals surface area contributed by atoms with E-state index in [0.29, 0.717) is 0 Å². The van der Waals surface area contributed by atoms with E-state index in [0.717, 1.165) is 6.54 Å². The first-order valence-electron chi connectivity index (χ1n) is 6.82. The molecule has 0 spiro atoms. The molecule has 0 aliphatic heterocycles. The molecule has 3 nitrogen and oxygen atoms in total. The molecule has 0 aromatic carbocycles. The van der Waals surface area contributed by atoms with Gasteiger partial charge in [0.2, 0.25) is 0 Å². The van der Waals surface area contributed by atoms with Gasteiger partial charge in [0.25, 0.3) is 5.82 Å². The maximum absolute atomic E-state index is 6.36. The lowest BCUT2D eigenvalue weighted by atomic mass is 10.4. The highest BCUT2D eigenvalue weighted by Crippen LogP contribution is 2.20. The zero-order valence-electron chi connectivity index (χ0n) is 13.1. The van der Waals surface area contributed by atoms with Crippen LogP contribution >= 0.6 is 0 Å². The molecule has 1 aromatic heterocycles. The summed E-state index contributed by atoms with van der Waals surface area (Å²) in [4.78, 5) is 0. The van der Waals surface area contributed by atoms with Gasteiger partial charge in [0.15, 0.2) is 16.6 Å². The molecule has 0 aliphatic rings. The van der Waals surface area contributed by atoms with Gasteiger partial charge in [-0.25, -0.2) is 9.13 Å². The van der Waals surface area contributed by atoms with Crippen LogP contribution in [-0.2, 0) is 17.7 Å². The van der Waals surface area contributed by atoms with Crippen molar-refractivity contribution in [3.63, 3.8) is 0 Å². The minimum absolute atomic E-state index is 1.11. The summed E-state index contributed by atoms with van der Waals surface area (Å²) >= 11 is 0. The molecule has 0 radical (unpaired) electrons. The fourth-order valence-corrected chi connectivity index (χ4v) is 10.4. The first kappa shape index (κ1) is 15.7. The minimum atomic E-state index is -1.46. The van der Waals surface area contributed by atoms with E-state index >= 15 is 0 Å². The van der Waals surface area contributed by atoms with Crippen LogP contribution in [0.25, 0.3) is 0 Å². The van der Waals surface area contributed by atoms with E-state index in [4.69, 9.17) is 4.12 Å². The number of aryl methyl sites for hydroxylation is 2. The van der Waals surface area contributed by atoms with Crippen LogP contribution in [-0.4, -0.2) is 21.2 Å². The second-order valence-corrected chi connectivity index (χ2v) is 15.8. The summed E-state index contributed by atoms with van der Waals surface area (Å²) in [6, 6.07) is 1.25. The van der Waals surface area contributed by atoms with Crippen molar-refractivity contribution >= 4 is 16.6 Å². The highest BCUT2D eigenvalue weighted by Gasteiger charge is 2.29. The van der Waals surface area contributed by atoms with Gasteiger partial charge in [0.05, 0.1) is 13.6 Å². The quantitative estimate of drug-likeness (QED) is 0.580. The van der Waals surface area contributed by atoms with E-state index < -0.39 is 16.6 Å². The lowest BCUT2D eigenvalue weighted by molar-refractivity contribution is -0.677. The van der Waals surface area contributed by atoms with Gasteiger partial charge >= 0.3 is 0 Å². The first-order valence-corrected chi connectivity index (χ1v) is 13.3. The van der Waals surface area contributed by atoms with Crippen molar-refractivity contribution in [1.82, 2.24) is 4.57 Å². The Morgan fingerprint density at radius 2 is 1.83 bits per heavy atom. The maximum atomic E-state index is 6.36. The van der Waals surface area contributed by atoms with Crippen LogP contribution in [0.4, 0.5) is 0 Å². The molecule has 1 heterocycles. The fourth-order valence-electron chi connectivity index (χ4n) is 2.39. The Morgan fingerprint density at radius 1 is 1.22 bits per heavy atom. The van der Waals surface area contributed by atoms with Crippen molar-refractivity contribution in [3.8, 4) is 0 Å². The summed E-state index contributed by atoms with van der Waals surface area (Å²) in [5.74, 6) is 1.32. The Labute approximate surface area is 114 Å². The monoisotopic (exact) mass is 285 g/mol.